The van der Waals surface area contributed by atoms with E-state index in [1.165, 1.54) is 12.4 Å². The first-order valence-corrected chi connectivity index (χ1v) is 12.2. The molecule has 10 heteroatoms. The third-order valence-electron chi connectivity index (χ3n) is 5.64. The van der Waals surface area contributed by atoms with Crippen LogP contribution >= 0.6 is 15.9 Å². The number of aromatic nitrogens is 2. The number of aliphatic imine (C=N–C) groups is 1. The van der Waals surface area contributed by atoms with Gasteiger partial charge in [0.25, 0.3) is 0 Å². The summed E-state index contributed by atoms with van der Waals surface area (Å²) < 4.78 is 27.6. The first-order valence-electron chi connectivity index (χ1n) is 11.4. The van der Waals surface area contributed by atoms with Crippen molar-refractivity contribution in [2.45, 2.75) is 51.4 Å². The van der Waals surface area contributed by atoms with Crippen LogP contribution in [0.3, 0.4) is 0 Å². The van der Waals surface area contributed by atoms with E-state index in [1.807, 2.05) is 26.8 Å². The molecular formula is C26H27BrFN5O3. The van der Waals surface area contributed by atoms with Gasteiger partial charge in [-0.05, 0) is 64.6 Å². The highest BCUT2D eigenvalue weighted by atomic mass is 79.9. The number of rotatable bonds is 7. The lowest BCUT2D eigenvalue weighted by Crippen LogP contribution is -2.53. The monoisotopic (exact) mass is 555 g/mol. The third kappa shape index (κ3) is 5.48. The van der Waals surface area contributed by atoms with E-state index in [0.29, 0.717) is 28.2 Å². The lowest BCUT2D eigenvalue weighted by Gasteiger charge is -2.37. The Kier molecular flexibility index (Phi) is 7.26. The second kappa shape index (κ2) is 10.2. The molecule has 0 bridgehead atoms. The fourth-order valence-electron chi connectivity index (χ4n) is 3.85. The van der Waals surface area contributed by atoms with Crippen LogP contribution in [0.15, 0.2) is 46.6 Å². The number of hydrogen-bond acceptors (Lipinski definition) is 7. The Bertz CT molecular complexity index is 1340. The molecule has 1 aliphatic carbocycles. The molecule has 2 aromatic carbocycles. The maximum absolute atomic E-state index is 15.2. The van der Waals surface area contributed by atoms with Gasteiger partial charge in [0.2, 0.25) is 0 Å². The first kappa shape index (κ1) is 25.6. The molecular weight excluding hydrogens is 529 g/mol. The topological polar surface area (TPSA) is 97.7 Å². The number of nitrogens with zero attached hydrogens (tertiary/aromatic N) is 3. The minimum Gasteiger partial charge on any atom is -0.487 e. The van der Waals surface area contributed by atoms with Crippen LogP contribution in [0, 0.1) is 5.82 Å². The largest absolute Gasteiger partial charge is 0.487 e. The van der Waals surface area contributed by atoms with Crippen molar-refractivity contribution in [2.75, 3.05) is 5.32 Å². The quantitative estimate of drug-likeness (QED) is 0.315. The predicted molar refractivity (Wildman–Crippen MR) is 143 cm³/mol. The van der Waals surface area contributed by atoms with Crippen molar-refractivity contribution in [2.24, 2.45) is 4.99 Å². The molecule has 1 saturated carbocycles. The lowest BCUT2D eigenvalue weighted by molar-refractivity contribution is 0.0297. The first-order chi connectivity index (χ1) is 17.1. The van der Waals surface area contributed by atoms with Gasteiger partial charge < -0.3 is 20.1 Å². The summed E-state index contributed by atoms with van der Waals surface area (Å²) in [5.41, 5.74) is 0.824. The van der Waals surface area contributed by atoms with Crippen molar-refractivity contribution in [3.8, 4) is 5.75 Å². The van der Waals surface area contributed by atoms with Gasteiger partial charge in [-0.1, -0.05) is 28.6 Å². The van der Waals surface area contributed by atoms with E-state index in [2.05, 4.69) is 54.8 Å². The smallest absolute Gasteiger partial charge is 0.408 e. The maximum atomic E-state index is 15.2. The van der Waals surface area contributed by atoms with Crippen LogP contribution < -0.4 is 15.4 Å². The third-order valence-corrected chi connectivity index (χ3v) is 6.10. The fourth-order valence-corrected chi connectivity index (χ4v) is 4.27. The molecule has 1 aliphatic rings. The molecule has 2 atom stereocenters. The molecule has 4 rings (SSSR count). The molecule has 0 spiro atoms. The van der Waals surface area contributed by atoms with E-state index >= 15 is 4.39 Å². The summed E-state index contributed by atoms with van der Waals surface area (Å²) >= 11 is 3.50. The molecule has 1 fully saturated rings. The number of ether oxygens (including phenoxy) is 2. The van der Waals surface area contributed by atoms with Gasteiger partial charge in [-0.2, -0.15) is 0 Å². The van der Waals surface area contributed by atoms with Gasteiger partial charge in [-0.3, -0.25) is 4.99 Å². The Morgan fingerprint density at radius 1 is 1.28 bits per heavy atom. The van der Waals surface area contributed by atoms with Gasteiger partial charge in [0.05, 0.1) is 28.3 Å². The summed E-state index contributed by atoms with van der Waals surface area (Å²) in [6.45, 7) is 12.6. The van der Waals surface area contributed by atoms with Crippen LogP contribution in [0.2, 0.25) is 0 Å². The highest BCUT2D eigenvalue weighted by Gasteiger charge is 2.36. The number of hydrogen-bond donors (Lipinski definition) is 2. The van der Waals surface area contributed by atoms with Crippen LogP contribution in [-0.4, -0.2) is 40.5 Å². The van der Waals surface area contributed by atoms with Crippen molar-refractivity contribution in [1.29, 1.82) is 0 Å². The number of halogens is 2. The molecule has 3 aromatic rings. The van der Waals surface area contributed by atoms with Crippen molar-refractivity contribution < 1.29 is 18.7 Å². The van der Waals surface area contributed by atoms with E-state index < -0.39 is 17.5 Å². The summed E-state index contributed by atoms with van der Waals surface area (Å²) in [5, 5.41) is 6.51. The molecule has 1 aromatic heterocycles. The lowest BCUT2D eigenvalue weighted by atomic mass is 9.89. The summed E-state index contributed by atoms with van der Waals surface area (Å²) in [7, 11) is 0. The van der Waals surface area contributed by atoms with Crippen LogP contribution in [0.5, 0.6) is 5.75 Å². The van der Waals surface area contributed by atoms with E-state index in [4.69, 9.17) is 9.47 Å². The number of anilines is 2. The molecule has 0 saturated heterocycles. The van der Waals surface area contributed by atoms with Crippen molar-refractivity contribution in [1.82, 2.24) is 15.3 Å². The molecule has 2 unspecified atom stereocenters. The van der Waals surface area contributed by atoms with Gasteiger partial charge in [-0.15, -0.1) is 0 Å². The summed E-state index contributed by atoms with van der Waals surface area (Å²) in [5.74, 6) is 0.338. The summed E-state index contributed by atoms with van der Waals surface area (Å²) in [4.78, 5) is 24.8. The molecule has 8 nitrogen and oxygen atoms in total. The normalized spacial score (nSPS) is 17.1. The highest BCUT2D eigenvalue weighted by Crippen LogP contribution is 2.38. The van der Waals surface area contributed by atoms with Gasteiger partial charge >= 0.3 is 6.09 Å². The number of carbonyl (C=O) groups is 1. The Balaban J connectivity index is 1.64. The Hall–Kier alpha value is -3.53. The zero-order valence-electron chi connectivity index (χ0n) is 20.3. The number of alkyl carbamates (subject to hydrolysis) is 1. The SMILES string of the molecule is C=Cc1c(N=C)ccc(Nc2ncnc3cc(Br)cc(OC4CCC4NC(=O)OC(C)(C)C)c23)c1F. The number of carbonyl (C=O) groups excluding carboxylic acids is 1. The second-order valence-corrected chi connectivity index (χ2v) is 10.3. The van der Waals surface area contributed by atoms with E-state index in [9.17, 15) is 4.79 Å². The second-order valence-electron chi connectivity index (χ2n) is 9.35. The van der Waals surface area contributed by atoms with Crippen LogP contribution in [0.4, 0.5) is 26.4 Å². The Morgan fingerprint density at radius 3 is 2.69 bits per heavy atom. The summed E-state index contributed by atoms with van der Waals surface area (Å²) in [6.07, 6.45) is 3.53. The summed E-state index contributed by atoms with van der Waals surface area (Å²) in [6, 6.07) is 6.63. The Morgan fingerprint density at radius 2 is 2.06 bits per heavy atom. The minimum absolute atomic E-state index is 0.194. The zero-order valence-corrected chi connectivity index (χ0v) is 21.9. The molecule has 1 heterocycles. The number of amides is 1. The van der Waals surface area contributed by atoms with Crippen LogP contribution in [0.1, 0.15) is 39.2 Å². The van der Waals surface area contributed by atoms with E-state index in [1.54, 1.807) is 18.2 Å². The van der Waals surface area contributed by atoms with Gasteiger partial charge in [0, 0.05) is 10.0 Å². The van der Waals surface area contributed by atoms with Gasteiger partial charge in [0.15, 0.2) is 5.82 Å². The zero-order chi connectivity index (χ0) is 26.0. The average Bonchev–Trinajstić information content (AvgIpc) is 2.80. The number of nitrogens with one attached hydrogen (secondary N) is 2. The fraction of sp³-hybridized carbons (Fsp3) is 0.308. The predicted octanol–water partition coefficient (Wildman–Crippen LogP) is 6.68. The molecule has 2 N–H and O–H groups in total. The van der Waals surface area contributed by atoms with Gasteiger partial charge in [-0.25, -0.2) is 19.2 Å². The number of fused-ring (bicyclic) bond motifs is 1. The molecule has 0 radical (unpaired) electrons. The molecule has 36 heavy (non-hydrogen) atoms. The van der Waals surface area contributed by atoms with Crippen LogP contribution in [0.25, 0.3) is 17.0 Å². The Labute approximate surface area is 217 Å². The molecule has 0 aliphatic heterocycles. The minimum atomic E-state index is -0.594. The standard InChI is InChI=1S/C26H27BrFN5O3/c1-6-15-16(29-5)7-8-18(23(15)28)32-24-22-19(30-13-31-24)11-14(27)12-21(22)35-20-10-9-17(20)33-25(34)36-26(2,3)4/h6-8,11-13,17,20H,1,5,9-10H2,2-4H3,(H,33,34)(H,30,31,32). The number of benzene rings is 2. The van der Waals surface area contributed by atoms with E-state index in [0.717, 1.165) is 17.3 Å². The maximum Gasteiger partial charge on any atom is 0.408 e. The van der Waals surface area contributed by atoms with Crippen LogP contribution in [-0.2, 0) is 4.74 Å². The molecule has 188 valence electrons. The van der Waals surface area contributed by atoms with E-state index in [-0.39, 0.29) is 23.4 Å². The van der Waals surface area contributed by atoms with Gasteiger partial charge in [0.1, 0.15) is 29.6 Å². The average molecular weight is 556 g/mol. The highest BCUT2D eigenvalue weighted by molar-refractivity contribution is 9.10. The van der Waals surface area contributed by atoms with Crippen molar-refractivity contribution >= 4 is 62.9 Å². The van der Waals surface area contributed by atoms with Crippen molar-refractivity contribution in [3.05, 3.63) is 53.0 Å². The molecule has 1 amide bonds. The van der Waals surface area contributed by atoms with Crippen molar-refractivity contribution in [3.63, 3.8) is 0 Å².